The summed E-state index contributed by atoms with van der Waals surface area (Å²) in [5, 5.41) is 3.54. The largest absolute Gasteiger partial charge is 0.325 e. The number of carbonyl (C=O) groups is 1. The predicted molar refractivity (Wildman–Crippen MR) is 150 cm³/mol. The quantitative estimate of drug-likeness (QED) is 0.150. The number of rotatable bonds is 23. The first-order valence-corrected chi connectivity index (χ1v) is 15.2. The van der Waals surface area contributed by atoms with Gasteiger partial charge in [-0.05, 0) is 26.8 Å². The molecule has 1 aliphatic rings. The molecule has 0 saturated heterocycles. The molecule has 0 aromatic heterocycles. The Morgan fingerprint density at radius 2 is 1.15 bits per heavy atom. The molecule has 34 heavy (non-hydrogen) atoms. The zero-order valence-corrected chi connectivity index (χ0v) is 23.4. The van der Waals surface area contributed by atoms with Gasteiger partial charge >= 0.3 is 0 Å². The second kappa shape index (κ2) is 22.6. The number of aliphatic imine (C=N–C) groups is 1. The van der Waals surface area contributed by atoms with Crippen molar-refractivity contribution in [3.05, 3.63) is 0 Å². The van der Waals surface area contributed by atoms with Crippen LogP contribution >= 0.6 is 0 Å². The molecule has 1 N–H and O–H groups in total. The highest BCUT2D eigenvalue weighted by molar-refractivity contribution is 6.00. The van der Waals surface area contributed by atoms with Crippen LogP contribution in [-0.4, -0.2) is 42.3 Å². The van der Waals surface area contributed by atoms with Crippen LogP contribution in [0.15, 0.2) is 4.99 Å². The van der Waals surface area contributed by atoms with E-state index in [1.165, 1.54) is 128 Å². The average Bonchev–Trinajstić information content (AvgIpc) is 2.99. The fraction of sp³-hybridized carbons (Fsp3) is 0.933. The molecule has 4 nitrogen and oxygen atoms in total. The Morgan fingerprint density at radius 1 is 0.735 bits per heavy atom. The van der Waals surface area contributed by atoms with Crippen LogP contribution in [0, 0.1) is 0 Å². The van der Waals surface area contributed by atoms with Crippen LogP contribution in [0.4, 0.5) is 0 Å². The zero-order valence-electron chi connectivity index (χ0n) is 23.4. The molecule has 1 aliphatic heterocycles. The summed E-state index contributed by atoms with van der Waals surface area (Å²) in [6, 6.07) is 0. The summed E-state index contributed by atoms with van der Waals surface area (Å²) in [6.07, 6.45) is 28.9. The van der Waals surface area contributed by atoms with Crippen molar-refractivity contribution in [2.45, 2.75) is 162 Å². The maximum Gasteiger partial charge on any atom is 0.229 e. The van der Waals surface area contributed by atoms with Crippen molar-refractivity contribution in [1.82, 2.24) is 10.2 Å². The molecule has 1 amide bonds. The number of unbranched alkanes of at least 4 members (excludes halogenated alkanes) is 19. The number of carbonyl (C=O) groups excluding carboxylic acids is 1. The van der Waals surface area contributed by atoms with E-state index in [1.54, 1.807) is 0 Å². The van der Waals surface area contributed by atoms with Crippen LogP contribution in [-0.2, 0) is 4.79 Å². The lowest BCUT2D eigenvalue weighted by molar-refractivity contribution is -0.132. The topological polar surface area (TPSA) is 44.7 Å². The molecule has 200 valence electrons. The van der Waals surface area contributed by atoms with E-state index in [2.05, 4.69) is 24.2 Å². The molecule has 0 spiro atoms. The summed E-state index contributed by atoms with van der Waals surface area (Å²) < 4.78 is 0. The predicted octanol–water partition coefficient (Wildman–Crippen LogP) is 8.44. The van der Waals surface area contributed by atoms with E-state index in [-0.39, 0.29) is 12.1 Å². The second-order valence-corrected chi connectivity index (χ2v) is 10.7. The number of hydrogen-bond acceptors (Lipinski definition) is 3. The highest BCUT2D eigenvalue weighted by Gasteiger charge is 2.21. The first kappa shape index (κ1) is 31.1. The Bertz CT molecular complexity index is 505. The van der Waals surface area contributed by atoms with E-state index < -0.39 is 0 Å². The van der Waals surface area contributed by atoms with Crippen LogP contribution in [0.5, 0.6) is 0 Å². The molecule has 0 saturated carbocycles. The van der Waals surface area contributed by atoms with Crippen molar-refractivity contribution in [3.63, 3.8) is 0 Å². The van der Waals surface area contributed by atoms with Gasteiger partial charge in [-0.1, -0.05) is 129 Å². The molecule has 0 aromatic rings. The van der Waals surface area contributed by atoms with Crippen molar-refractivity contribution in [2.24, 2.45) is 4.99 Å². The van der Waals surface area contributed by atoms with Gasteiger partial charge in [-0.15, -0.1) is 0 Å². The van der Waals surface area contributed by atoms with Crippen molar-refractivity contribution in [2.75, 3.05) is 19.6 Å². The molecule has 1 rings (SSSR count). The monoisotopic (exact) mass is 477 g/mol. The molecule has 0 fully saturated rings. The molecule has 0 radical (unpaired) electrons. The van der Waals surface area contributed by atoms with E-state index in [9.17, 15) is 4.79 Å². The molecule has 1 atom stereocenters. The lowest BCUT2D eigenvalue weighted by atomic mass is 10.0. The molecular weight excluding hydrogens is 418 g/mol. The van der Waals surface area contributed by atoms with Crippen molar-refractivity contribution < 1.29 is 4.79 Å². The number of amides is 1. The third kappa shape index (κ3) is 17.5. The Balaban J connectivity index is 1.77. The van der Waals surface area contributed by atoms with Crippen LogP contribution in [0.1, 0.15) is 156 Å². The minimum atomic E-state index is 0.119. The summed E-state index contributed by atoms with van der Waals surface area (Å²) >= 11 is 0. The van der Waals surface area contributed by atoms with Crippen LogP contribution in [0.3, 0.4) is 0 Å². The fourth-order valence-corrected chi connectivity index (χ4v) is 5.06. The molecule has 0 aromatic carbocycles. The fourth-order valence-electron chi connectivity index (χ4n) is 5.06. The van der Waals surface area contributed by atoms with Crippen molar-refractivity contribution in [1.29, 1.82) is 0 Å². The highest BCUT2D eigenvalue weighted by Crippen LogP contribution is 2.15. The maximum absolute atomic E-state index is 12.3. The number of nitrogens with zero attached hydrogens (tertiary/aromatic N) is 2. The van der Waals surface area contributed by atoms with E-state index in [4.69, 9.17) is 0 Å². The van der Waals surface area contributed by atoms with Gasteiger partial charge in [0.15, 0.2) is 0 Å². The van der Waals surface area contributed by atoms with Gasteiger partial charge in [0.1, 0.15) is 0 Å². The third-order valence-electron chi connectivity index (χ3n) is 7.39. The summed E-state index contributed by atoms with van der Waals surface area (Å²) in [7, 11) is 0. The van der Waals surface area contributed by atoms with Gasteiger partial charge in [-0.3, -0.25) is 15.1 Å². The van der Waals surface area contributed by atoms with Crippen LogP contribution in [0.25, 0.3) is 0 Å². The molecule has 0 aliphatic carbocycles. The zero-order chi connectivity index (χ0) is 24.7. The minimum Gasteiger partial charge on any atom is -0.325 e. The standard InChI is InChI=1S/C30H59N3O/c1-4-5-6-7-8-9-10-11-12-13-14-15-16-17-18-19-20-21-22-23-24-32-29(3)33-26-25-31-28(2)27-30(33)34/h29,32H,4-27H2,1-3H3. The van der Waals surface area contributed by atoms with E-state index in [0.717, 1.165) is 25.3 Å². The summed E-state index contributed by atoms with van der Waals surface area (Å²) in [5.74, 6) is 0.210. The maximum atomic E-state index is 12.3. The van der Waals surface area contributed by atoms with Crippen LogP contribution in [0.2, 0.25) is 0 Å². The van der Waals surface area contributed by atoms with Gasteiger partial charge in [0.05, 0.1) is 19.1 Å². The van der Waals surface area contributed by atoms with Gasteiger partial charge in [0.25, 0.3) is 0 Å². The van der Waals surface area contributed by atoms with Crippen molar-refractivity contribution in [3.8, 4) is 0 Å². The minimum absolute atomic E-state index is 0.119. The van der Waals surface area contributed by atoms with E-state index in [0.29, 0.717) is 6.42 Å². The summed E-state index contributed by atoms with van der Waals surface area (Å²) in [4.78, 5) is 18.7. The van der Waals surface area contributed by atoms with Gasteiger partial charge in [-0.2, -0.15) is 0 Å². The molecule has 1 heterocycles. The third-order valence-corrected chi connectivity index (χ3v) is 7.39. The Morgan fingerprint density at radius 3 is 1.59 bits per heavy atom. The SMILES string of the molecule is CCCCCCCCCCCCCCCCCCCCCCNC(C)N1CCN=C(C)CC1=O. The Hall–Kier alpha value is -0.900. The molecular formula is C30H59N3O. The molecule has 1 unspecified atom stereocenters. The smallest absolute Gasteiger partial charge is 0.229 e. The molecule has 4 heteroatoms. The van der Waals surface area contributed by atoms with Gasteiger partial charge in [0, 0.05) is 12.3 Å². The Kier molecular flexibility index (Phi) is 20.7. The van der Waals surface area contributed by atoms with Crippen LogP contribution < -0.4 is 5.32 Å². The average molecular weight is 478 g/mol. The lowest BCUT2D eigenvalue weighted by Crippen LogP contribution is -2.48. The highest BCUT2D eigenvalue weighted by atomic mass is 16.2. The van der Waals surface area contributed by atoms with E-state index in [1.807, 2.05) is 11.8 Å². The first-order chi connectivity index (χ1) is 16.6. The van der Waals surface area contributed by atoms with Gasteiger partial charge in [0.2, 0.25) is 5.91 Å². The van der Waals surface area contributed by atoms with Gasteiger partial charge < -0.3 is 4.90 Å². The van der Waals surface area contributed by atoms with Crippen molar-refractivity contribution >= 4 is 11.6 Å². The van der Waals surface area contributed by atoms with Gasteiger partial charge in [-0.25, -0.2) is 0 Å². The summed E-state index contributed by atoms with van der Waals surface area (Å²) in [5.41, 5.74) is 0.966. The number of nitrogens with one attached hydrogen (secondary N) is 1. The molecule has 0 bridgehead atoms. The first-order valence-electron chi connectivity index (χ1n) is 15.2. The number of hydrogen-bond donors (Lipinski definition) is 1. The second-order valence-electron chi connectivity index (χ2n) is 10.7. The normalized spacial score (nSPS) is 15.4. The van der Waals surface area contributed by atoms with E-state index >= 15 is 0 Å². The Labute approximate surface area is 213 Å². The lowest BCUT2D eigenvalue weighted by Gasteiger charge is -2.28. The summed E-state index contributed by atoms with van der Waals surface area (Å²) in [6.45, 7) is 8.84.